The molecule has 1 aliphatic heterocycles. The zero-order valence-corrected chi connectivity index (χ0v) is 19.6. The third-order valence-corrected chi connectivity index (χ3v) is 6.12. The first-order valence-electron chi connectivity index (χ1n) is 9.80. The molecule has 0 atom stereocenters. The lowest BCUT2D eigenvalue weighted by atomic mass is 9.98. The molecule has 1 heterocycles. The average Bonchev–Trinajstić information content (AvgIpc) is 2.73. The number of nitrogens with zero attached hydrogens (tertiary/aromatic N) is 1. The van der Waals surface area contributed by atoms with Crippen molar-refractivity contribution in [1.82, 2.24) is 4.90 Å². The second kappa shape index (κ2) is 9.58. The number of anilines is 3. The third kappa shape index (κ3) is 4.96. The van der Waals surface area contributed by atoms with E-state index in [1.807, 2.05) is 34.7 Å². The Bertz CT molecular complexity index is 1150. The van der Waals surface area contributed by atoms with Crippen molar-refractivity contribution in [3.8, 4) is 0 Å². The highest BCUT2D eigenvalue weighted by molar-refractivity contribution is 14.1. The van der Waals surface area contributed by atoms with Gasteiger partial charge < -0.3 is 15.5 Å². The number of benzene rings is 3. The molecule has 9 heteroatoms. The summed E-state index contributed by atoms with van der Waals surface area (Å²) in [6, 6.07) is 13.7. The molecule has 1 amide bonds. The molecule has 0 radical (unpaired) electrons. The van der Waals surface area contributed by atoms with Gasteiger partial charge in [-0.3, -0.25) is 4.79 Å². The molecule has 0 aliphatic carbocycles. The fourth-order valence-corrected chi connectivity index (χ4v) is 4.02. The van der Waals surface area contributed by atoms with Crippen LogP contribution in [0.25, 0.3) is 0 Å². The zero-order valence-electron chi connectivity index (χ0n) is 16.6. The normalized spacial score (nSPS) is 13.6. The van der Waals surface area contributed by atoms with Crippen molar-refractivity contribution in [3.63, 3.8) is 0 Å². The average molecular weight is 572 g/mol. The molecule has 4 nitrogen and oxygen atoms in total. The molecular weight excluding hydrogens is 554 g/mol. The highest BCUT2D eigenvalue weighted by atomic mass is 127. The summed E-state index contributed by atoms with van der Waals surface area (Å²) in [4.78, 5) is 14.5. The molecular formula is C23H18ClF3IN3O. The van der Waals surface area contributed by atoms with Gasteiger partial charge in [-0.2, -0.15) is 0 Å². The van der Waals surface area contributed by atoms with Gasteiger partial charge in [-0.1, -0.05) is 11.6 Å². The molecule has 3 aromatic rings. The number of carbonyl (C=O) groups excluding carboxylic acids is 1. The van der Waals surface area contributed by atoms with Crippen LogP contribution in [0, 0.1) is 26.9 Å². The summed E-state index contributed by atoms with van der Waals surface area (Å²) in [6.45, 7) is 1.59. The van der Waals surface area contributed by atoms with E-state index in [0.29, 0.717) is 28.2 Å². The van der Waals surface area contributed by atoms with E-state index in [4.69, 9.17) is 11.6 Å². The van der Waals surface area contributed by atoms with E-state index in [1.54, 1.807) is 23.1 Å². The number of carbonyl (C=O) groups is 1. The van der Waals surface area contributed by atoms with Gasteiger partial charge >= 0.3 is 0 Å². The van der Waals surface area contributed by atoms with Crippen LogP contribution in [-0.4, -0.2) is 30.4 Å². The maximum atomic E-state index is 14.6. The molecule has 32 heavy (non-hydrogen) atoms. The highest BCUT2D eigenvalue weighted by Crippen LogP contribution is 2.31. The van der Waals surface area contributed by atoms with E-state index in [0.717, 1.165) is 11.8 Å². The van der Waals surface area contributed by atoms with Gasteiger partial charge in [0.15, 0.2) is 11.6 Å². The maximum Gasteiger partial charge on any atom is 0.256 e. The van der Waals surface area contributed by atoms with Crippen LogP contribution >= 0.6 is 34.2 Å². The molecule has 166 valence electrons. The smallest absolute Gasteiger partial charge is 0.256 e. The second-order valence-electron chi connectivity index (χ2n) is 7.50. The minimum atomic E-state index is -1.23. The number of hydrogen-bond acceptors (Lipinski definition) is 3. The summed E-state index contributed by atoms with van der Waals surface area (Å²) in [5.74, 6) is -3.21. The summed E-state index contributed by atoms with van der Waals surface area (Å²) in [6.07, 6.45) is 0. The van der Waals surface area contributed by atoms with Crippen LogP contribution in [0.2, 0.25) is 5.02 Å². The first-order valence-corrected chi connectivity index (χ1v) is 11.3. The molecule has 1 aliphatic rings. The van der Waals surface area contributed by atoms with E-state index in [-0.39, 0.29) is 22.9 Å². The Morgan fingerprint density at radius 2 is 1.75 bits per heavy atom. The largest absolute Gasteiger partial charge is 0.385 e. The number of likely N-dealkylation sites (tertiary alicyclic amines) is 1. The summed E-state index contributed by atoms with van der Waals surface area (Å²) >= 11 is 7.82. The van der Waals surface area contributed by atoms with Gasteiger partial charge in [0.05, 0.1) is 16.9 Å². The number of hydrogen-bond donors (Lipinski definition) is 2. The lowest BCUT2D eigenvalue weighted by Gasteiger charge is -2.39. The van der Waals surface area contributed by atoms with Crippen LogP contribution < -0.4 is 10.6 Å². The van der Waals surface area contributed by atoms with Crippen molar-refractivity contribution in [3.05, 3.63) is 86.2 Å². The van der Waals surface area contributed by atoms with E-state index >= 15 is 0 Å². The fraction of sp³-hybridized carbons (Fsp3) is 0.174. The van der Waals surface area contributed by atoms with Crippen molar-refractivity contribution < 1.29 is 18.0 Å². The molecule has 0 saturated carbocycles. The highest BCUT2D eigenvalue weighted by Gasteiger charge is 2.33. The van der Waals surface area contributed by atoms with Crippen molar-refractivity contribution >= 4 is 57.2 Å². The summed E-state index contributed by atoms with van der Waals surface area (Å²) in [7, 11) is 0. The van der Waals surface area contributed by atoms with Crippen molar-refractivity contribution in [2.24, 2.45) is 5.92 Å². The van der Waals surface area contributed by atoms with Crippen molar-refractivity contribution in [2.45, 2.75) is 0 Å². The fourth-order valence-electron chi connectivity index (χ4n) is 3.44. The van der Waals surface area contributed by atoms with Crippen LogP contribution in [0.3, 0.4) is 0 Å². The molecule has 0 bridgehead atoms. The zero-order chi connectivity index (χ0) is 22.8. The number of rotatable bonds is 6. The topological polar surface area (TPSA) is 44.4 Å². The van der Waals surface area contributed by atoms with E-state index in [9.17, 15) is 18.0 Å². The van der Waals surface area contributed by atoms with Gasteiger partial charge in [0.1, 0.15) is 5.82 Å². The predicted molar refractivity (Wildman–Crippen MR) is 128 cm³/mol. The first kappa shape index (κ1) is 22.7. The first-order chi connectivity index (χ1) is 15.3. The second-order valence-corrected chi connectivity index (χ2v) is 9.18. The van der Waals surface area contributed by atoms with Gasteiger partial charge in [-0.15, -0.1) is 0 Å². The number of nitrogens with one attached hydrogen (secondary N) is 2. The minimum absolute atomic E-state index is 0.0439. The predicted octanol–water partition coefficient (Wildman–Crippen LogP) is 6.29. The maximum absolute atomic E-state index is 14.6. The summed E-state index contributed by atoms with van der Waals surface area (Å²) < 4.78 is 43.3. The van der Waals surface area contributed by atoms with E-state index in [1.165, 1.54) is 18.2 Å². The Kier molecular flexibility index (Phi) is 6.80. The number of amides is 1. The Labute approximate surface area is 201 Å². The quantitative estimate of drug-likeness (QED) is 0.342. The van der Waals surface area contributed by atoms with Gasteiger partial charge in [0.25, 0.3) is 5.91 Å². The molecule has 1 fully saturated rings. The van der Waals surface area contributed by atoms with Crippen LogP contribution in [-0.2, 0) is 0 Å². The Hall–Kier alpha value is -2.46. The van der Waals surface area contributed by atoms with Gasteiger partial charge in [-0.05, 0) is 77.2 Å². The standard InChI is InChI=1S/C23H18ClF3IN3O/c24-14-1-4-16(5-2-14)29-10-13-11-31(12-13)23(32)17-6-7-18(25)21(27)22(17)30-20-8-3-15(28)9-19(20)26/h1-9,13,29-30H,10-12H2. The third-order valence-electron chi connectivity index (χ3n) is 5.20. The Morgan fingerprint density at radius 3 is 2.44 bits per heavy atom. The van der Waals surface area contributed by atoms with E-state index in [2.05, 4.69) is 10.6 Å². The van der Waals surface area contributed by atoms with Crippen LogP contribution in [0.4, 0.5) is 30.2 Å². The SMILES string of the molecule is O=C(c1ccc(F)c(F)c1Nc1ccc(I)cc1F)N1CC(CNc2ccc(Cl)cc2)C1. The van der Waals surface area contributed by atoms with Crippen LogP contribution in [0.15, 0.2) is 54.6 Å². The van der Waals surface area contributed by atoms with Gasteiger partial charge in [0, 0.05) is 39.8 Å². The van der Waals surface area contributed by atoms with Crippen molar-refractivity contribution in [1.29, 1.82) is 0 Å². The van der Waals surface area contributed by atoms with Crippen LogP contribution in [0.1, 0.15) is 10.4 Å². The Morgan fingerprint density at radius 1 is 1.03 bits per heavy atom. The van der Waals surface area contributed by atoms with Gasteiger partial charge in [-0.25, -0.2) is 13.2 Å². The summed E-state index contributed by atoms with van der Waals surface area (Å²) in [5.41, 5.74) is 0.451. The molecule has 0 aromatic heterocycles. The van der Waals surface area contributed by atoms with Gasteiger partial charge in [0.2, 0.25) is 0 Å². The lowest BCUT2D eigenvalue weighted by molar-refractivity contribution is 0.0522. The molecule has 1 saturated heterocycles. The molecule has 2 N–H and O–H groups in total. The molecule has 3 aromatic carbocycles. The number of halogens is 5. The molecule has 4 rings (SSSR count). The minimum Gasteiger partial charge on any atom is -0.385 e. The summed E-state index contributed by atoms with van der Waals surface area (Å²) in [5, 5.41) is 6.49. The molecule has 0 spiro atoms. The van der Waals surface area contributed by atoms with Crippen molar-refractivity contribution in [2.75, 3.05) is 30.3 Å². The monoisotopic (exact) mass is 571 g/mol. The molecule has 0 unspecified atom stereocenters. The Balaban J connectivity index is 1.45. The van der Waals surface area contributed by atoms with E-state index < -0.39 is 23.4 Å². The lowest BCUT2D eigenvalue weighted by Crippen LogP contribution is -2.52. The van der Waals surface area contributed by atoms with Crippen LogP contribution in [0.5, 0.6) is 0 Å².